The van der Waals surface area contributed by atoms with Gasteiger partial charge in [-0.15, -0.1) is 0 Å². The third-order valence-corrected chi connectivity index (χ3v) is 5.14. The highest BCUT2D eigenvalue weighted by atomic mass is 16.5. The molecule has 0 aliphatic carbocycles. The van der Waals surface area contributed by atoms with Gasteiger partial charge in [-0.25, -0.2) is 9.97 Å². The Labute approximate surface area is 159 Å². The van der Waals surface area contributed by atoms with E-state index in [0.717, 1.165) is 53.6 Å². The summed E-state index contributed by atoms with van der Waals surface area (Å²) < 4.78 is 5.48. The second-order valence-electron chi connectivity index (χ2n) is 7.62. The van der Waals surface area contributed by atoms with Crippen LogP contribution in [0, 0.1) is 6.92 Å². The lowest BCUT2D eigenvalue weighted by molar-refractivity contribution is 0.137. The monoisotopic (exact) mass is 366 g/mol. The Morgan fingerprint density at radius 1 is 1.22 bits per heavy atom. The lowest BCUT2D eigenvalue weighted by atomic mass is 9.96. The smallest absolute Gasteiger partial charge is 0.170 e. The van der Waals surface area contributed by atoms with Crippen LogP contribution in [0.2, 0.25) is 0 Å². The highest BCUT2D eigenvalue weighted by Crippen LogP contribution is 2.36. The first-order valence-electron chi connectivity index (χ1n) is 9.63. The largest absolute Gasteiger partial charge is 0.356 e. The normalized spacial score (nSPS) is 18.3. The molecule has 3 aromatic rings. The molecule has 0 saturated carbocycles. The zero-order valence-corrected chi connectivity index (χ0v) is 16.1. The molecule has 0 unspecified atom stereocenters. The van der Waals surface area contributed by atoms with Crippen LogP contribution in [-0.4, -0.2) is 36.8 Å². The maximum atomic E-state index is 5.48. The summed E-state index contributed by atoms with van der Waals surface area (Å²) in [6.45, 7) is 8.03. The van der Waals surface area contributed by atoms with Crippen LogP contribution < -0.4 is 0 Å². The predicted octanol–water partition coefficient (Wildman–Crippen LogP) is 4.01. The van der Waals surface area contributed by atoms with E-state index in [1.54, 1.807) is 0 Å². The van der Waals surface area contributed by atoms with Gasteiger partial charge in [-0.05, 0) is 26.3 Å². The number of nitrogens with one attached hydrogen (secondary N) is 1. The molecule has 0 radical (unpaired) electrons. The Kier molecular flexibility index (Phi) is 5.03. The number of hydrogen-bond acceptors (Lipinski definition) is 6. The lowest BCUT2D eigenvalue weighted by Gasteiger charge is -2.35. The molecular formula is C20H26N6O. The Hall–Kier alpha value is -2.54. The Morgan fingerprint density at radius 2 is 2.04 bits per heavy atom. The van der Waals surface area contributed by atoms with Crippen LogP contribution in [0.3, 0.4) is 0 Å². The van der Waals surface area contributed by atoms with Crippen molar-refractivity contribution in [3.05, 3.63) is 47.4 Å². The lowest BCUT2D eigenvalue weighted by Crippen LogP contribution is -2.33. The summed E-state index contributed by atoms with van der Waals surface area (Å²) in [6, 6.07) is 2.23. The second-order valence-corrected chi connectivity index (χ2v) is 7.62. The summed E-state index contributed by atoms with van der Waals surface area (Å²) in [4.78, 5) is 11.5. The molecule has 0 spiro atoms. The fraction of sp³-hybridized carbons (Fsp3) is 0.500. The predicted molar refractivity (Wildman–Crippen MR) is 102 cm³/mol. The number of likely N-dealkylation sites (tertiary alicyclic amines) is 1. The molecule has 1 saturated heterocycles. The molecule has 0 bridgehead atoms. The van der Waals surface area contributed by atoms with Gasteiger partial charge in [0.05, 0.1) is 29.2 Å². The Bertz CT molecular complexity index is 882. The molecule has 7 heteroatoms. The number of nitrogens with zero attached hydrogens (tertiary/aromatic N) is 5. The quantitative estimate of drug-likeness (QED) is 0.734. The van der Waals surface area contributed by atoms with Gasteiger partial charge in [0.25, 0.3) is 0 Å². The fourth-order valence-electron chi connectivity index (χ4n) is 3.72. The number of hydrogen-bond donors (Lipinski definition) is 1. The first-order valence-corrected chi connectivity index (χ1v) is 9.63. The van der Waals surface area contributed by atoms with E-state index in [1.807, 2.05) is 31.6 Å². The van der Waals surface area contributed by atoms with E-state index in [1.165, 1.54) is 12.8 Å². The molecule has 7 nitrogen and oxygen atoms in total. The van der Waals surface area contributed by atoms with Gasteiger partial charge in [0, 0.05) is 36.5 Å². The Morgan fingerprint density at radius 3 is 2.74 bits per heavy atom. The highest BCUT2D eigenvalue weighted by molar-refractivity contribution is 5.60. The third-order valence-electron chi connectivity index (χ3n) is 5.14. The van der Waals surface area contributed by atoms with Crippen molar-refractivity contribution in [2.75, 3.05) is 6.54 Å². The van der Waals surface area contributed by atoms with Crippen LogP contribution in [0.25, 0.3) is 11.3 Å². The molecule has 4 heterocycles. The van der Waals surface area contributed by atoms with Crippen LogP contribution in [0.1, 0.15) is 67.8 Å². The van der Waals surface area contributed by atoms with Crippen molar-refractivity contribution < 1.29 is 4.52 Å². The molecule has 4 rings (SSSR count). The third kappa shape index (κ3) is 3.78. The number of aryl methyl sites for hydroxylation is 1. The molecule has 3 aromatic heterocycles. The van der Waals surface area contributed by atoms with Gasteiger partial charge >= 0.3 is 0 Å². The first kappa shape index (κ1) is 17.9. The minimum atomic E-state index is 0.270. The summed E-state index contributed by atoms with van der Waals surface area (Å²) in [5.74, 6) is 2.01. The zero-order valence-electron chi connectivity index (χ0n) is 16.1. The van der Waals surface area contributed by atoms with Crippen molar-refractivity contribution in [1.82, 2.24) is 30.2 Å². The van der Waals surface area contributed by atoms with Gasteiger partial charge in [-0.2, -0.15) is 5.10 Å². The van der Waals surface area contributed by atoms with Gasteiger partial charge in [0.2, 0.25) is 0 Å². The van der Waals surface area contributed by atoms with Crippen molar-refractivity contribution in [2.24, 2.45) is 0 Å². The topological polar surface area (TPSA) is 83.7 Å². The molecule has 1 fully saturated rings. The maximum absolute atomic E-state index is 5.48. The zero-order chi connectivity index (χ0) is 18.8. The van der Waals surface area contributed by atoms with E-state index < -0.39 is 0 Å². The van der Waals surface area contributed by atoms with Crippen molar-refractivity contribution in [2.45, 2.75) is 58.5 Å². The van der Waals surface area contributed by atoms with E-state index in [0.29, 0.717) is 5.92 Å². The summed E-state index contributed by atoms with van der Waals surface area (Å²) in [5, 5.41) is 11.5. The standard InChI is InChI=1S/C20H26N6O/c1-13(2)20-21-9-15(10-22-20)12-26-7-5-4-6-17(26)19-16(11-23-24-19)18-8-14(3)25-27-18/h8-11,13,17H,4-7,12H2,1-3H3,(H,23,24)/t17-/m1/s1. The van der Waals surface area contributed by atoms with E-state index in [4.69, 9.17) is 4.52 Å². The van der Waals surface area contributed by atoms with E-state index >= 15 is 0 Å². The maximum Gasteiger partial charge on any atom is 0.170 e. The van der Waals surface area contributed by atoms with E-state index in [-0.39, 0.29) is 6.04 Å². The fourth-order valence-corrected chi connectivity index (χ4v) is 3.72. The molecule has 1 atom stereocenters. The van der Waals surface area contributed by atoms with E-state index in [9.17, 15) is 0 Å². The van der Waals surface area contributed by atoms with Crippen LogP contribution in [0.4, 0.5) is 0 Å². The first-order chi connectivity index (χ1) is 13.1. The van der Waals surface area contributed by atoms with Crippen LogP contribution in [0.15, 0.2) is 29.2 Å². The van der Waals surface area contributed by atoms with Crippen LogP contribution in [-0.2, 0) is 6.54 Å². The molecular weight excluding hydrogens is 340 g/mol. The second kappa shape index (κ2) is 7.60. The minimum absolute atomic E-state index is 0.270. The number of aromatic nitrogens is 5. The molecule has 1 aliphatic heterocycles. The number of H-pyrrole nitrogens is 1. The summed E-state index contributed by atoms with van der Waals surface area (Å²) in [5.41, 5.74) is 4.12. The van der Waals surface area contributed by atoms with Crippen molar-refractivity contribution in [1.29, 1.82) is 0 Å². The average Bonchev–Trinajstić information content (AvgIpc) is 3.31. The highest BCUT2D eigenvalue weighted by Gasteiger charge is 2.29. The van der Waals surface area contributed by atoms with Crippen LogP contribution in [0.5, 0.6) is 0 Å². The summed E-state index contributed by atoms with van der Waals surface area (Å²) in [7, 11) is 0. The molecule has 142 valence electrons. The van der Waals surface area contributed by atoms with Gasteiger partial charge in [0.1, 0.15) is 5.82 Å². The van der Waals surface area contributed by atoms with E-state index in [2.05, 4.69) is 44.1 Å². The van der Waals surface area contributed by atoms with Gasteiger partial charge in [-0.1, -0.05) is 25.4 Å². The number of piperidine rings is 1. The van der Waals surface area contributed by atoms with Gasteiger partial charge in [0.15, 0.2) is 5.76 Å². The van der Waals surface area contributed by atoms with Crippen molar-refractivity contribution >= 4 is 0 Å². The summed E-state index contributed by atoms with van der Waals surface area (Å²) >= 11 is 0. The van der Waals surface area contributed by atoms with Crippen molar-refractivity contribution in [3.63, 3.8) is 0 Å². The summed E-state index contributed by atoms with van der Waals surface area (Å²) in [6.07, 6.45) is 9.25. The van der Waals surface area contributed by atoms with Gasteiger partial charge in [-0.3, -0.25) is 10.00 Å². The minimum Gasteiger partial charge on any atom is -0.356 e. The molecule has 0 amide bonds. The molecule has 1 aliphatic rings. The van der Waals surface area contributed by atoms with Crippen LogP contribution >= 0.6 is 0 Å². The number of rotatable bonds is 5. The van der Waals surface area contributed by atoms with Gasteiger partial charge < -0.3 is 4.52 Å². The molecule has 0 aromatic carbocycles. The molecule has 1 N–H and O–H groups in total. The molecule has 27 heavy (non-hydrogen) atoms. The Balaban J connectivity index is 1.57. The van der Waals surface area contributed by atoms with Crippen molar-refractivity contribution in [3.8, 4) is 11.3 Å². The average molecular weight is 366 g/mol. The number of aromatic amines is 1. The SMILES string of the molecule is Cc1cc(-c2cn[nH]c2[C@H]2CCCCN2Cc2cnc(C(C)C)nc2)on1.